The Morgan fingerprint density at radius 2 is 1.45 bits per heavy atom. The minimum Gasteiger partial charge on any atom is -0.292 e. The third-order valence-corrected chi connectivity index (χ3v) is 3.59. The van der Waals surface area contributed by atoms with Gasteiger partial charge in [0.1, 0.15) is 4.87 Å². The summed E-state index contributed by atoms with van der Waals surface area (Å²) in [6.07, 6.45) is 5.17. The van der Waals surface area contributed by atoms with Crippen LogP contribution in [0.25, 0.3) is 0 Å². The van der Waals surface area contributed by atoms with Gasteiger partial charge in [-0.15, -0.1) is 11.6 Å². The Hall–Kier alpha value is -1.34. The molecule has 0 aliphatic rings. The first-order valence-corrected chi connectivity index (χ1v) is 7.28. The zero-order valence-corrected chi connectivity index (χ0v) is 13.5. The largest absolute Gasteiger partial charge is 0.292 e. The number of hydrogen-bond acceptors (Lipinski definition) is 1. The lowest BCUT2D eigenvalue weighted by atomic mass is 9.89. The van der Waals surface area contributed by atoms with Crippen LogP contribution in [0, 0.1) is 0 Å². The Labute approximate surface area is 127 Å². The summed E-state index contributed by atoms with van der Waals surface area (Å²) in [5, 5.41) is 0. The van der Waals surface area contributed by atoms with Crippen molar-refractivity contribution in [1.29, 1.82) is 0 Å². The average Bonchev–Trinajstić information content (AvgIpc) is 2.43. The molecule has 0 radical (unpaired) electrons. The van der Waals surface area contributed by atoms with Crippen molar-refractivity contribution >= 4 is 17.4 Å². The lowest BCUT2D eigenvalue weighted by molar-refractivity contribution is 0.0939. The van der Waals surface area contributed by atoms with Crippen molar-refractivity contribution < 1.29 is 4.79 Å². The molecule has 0 heterocycles. The lowest BCUT2D eigenvalue weighted by Crippen LogP contribution is -2.32. The molecule has 0 N–H and O–H groups in total. The number of benzene rings is 1. The minimum absolute atomic E-state index is 0.00485. The standard InChI is InChI=1S/C18H23ClO/c1-14(2)10-12-18(19,13-11-15(3)4)17(20)16-8-6-5-7-9-16/h5-11H,12-13H2,1-4H3. The fourth-order valence-electron chi connectivity index (χ4n) is 1.85. The molecule has 1 rings (SSSR count). The Balaban J connectivity index is 3.06. The highest BCUT2D eigenvalue weighted by atomic mass is 35.5. The first-order chi connectivity index (χ1) is 9.35. The predicted molar refractivity (Wildman–Crippen MR) is 87.5 cm³/mol. The van der Waals surface area contributed by atoms with Gasteiger partial charge in [0.25, 0.3) is 0 Å². The molecule has 1 aromatic carbocycles. The van der Waals surface area contributed by atoms with Crippen LogP contribution in [0.2, 0.25) is 0 Å². The van der Waals surface area contributed by atoms with Crippen molar-refractivity contribution in [1.82, 2.24) is 0 Å². The Morgan fingerprint density at radius 3 is 1.85 bits per heavy atom. The number of allylic oxidation sites excluding steroid dienone is 4. The Bertz CT molecular complexity index is 483. The van der Waals surface area contributed by atoms with Crippen LogP contribution >= 0.6 is 11.6 Å². The van der Waals surface area contributed by atoms with E-state index >= 15 is 0 Å². The van der Waals surface area contributed by atoms with Crippen LogP contribution in [-0.4, -0.2) is 10.7 Å². The van der Waals surface area contributed by atoms with Gasteiger partial charge in [-0.3, -0.25) is 4.79 Å². The molecule has 0 fully saturated rings. The quantitative estimate of drug-likeness (QED) is 0.381. The van der Waals surface area contributed by atoms with E-state index < -0.39 is 4.87 Å². The van der Waals surface area contributed by atoms with Crippen molar-refractivity contribution in [3.05, 3.63) is 59.2 Å². The predicted octanol–water partition coefficient (Wildman–Crippen LogP) is 5.56. The summed E-state index contributed by atoms with van der Waals surface area (Å²) in [6, 6.07) is 9.28. The second-order valence-corrected chi connectivity index (χ2v) is 6.36. The maximum absolute atomic E-state index is 12.7. The van der Waals surface area contributed by atoms with Crippen LogP contribution < -0.4 is 0 Å². The number of Topliss-reactive ketones (excluding diaryl/α,β-unsaturated/α-hetero) is 1. The summed E-state index contributed by atoms with van der Waals surface area (Å²) in [5.74, 6) is -0.00485. The number of carbonyl (C=O) groups is 1. The SMILES string of the molecule is CC(C)=CCC(Cl)(CC=C(C)C)C(=O)c1ccccc1. The smallest absolute Gasteiger partial charge is 0.184 e. The molecule has 0 atom stereocenters. The van der Waals surface area contributed by atoms with Crippen LogP contribution in [0.3, 0.4) is 0 Å². The molecule has 0 amide bonds. The summed E-state index contributed by atoms with van der Waals surface area (Å²) in [6.45, 7) is 8.08. The van der Waals surface area contributed by atoms with Crippen LogP contribution in [0.4, 0.5) is 0 Å². The zero-order valence-electron chi connectivity index (χ0n) is 12.7. The molecule has 0 spiro atoms. The van der Waals surface area contributed by atoms with Crippen molar-refractivity contribution in [3.8, 4) is 0 Å². The summed E-state index contributed by atoms with van der Waals surface area (Å²) < 4.78 is 0. The molecule has 0 bridgehead atoms. The molecule has 0 unspecified atom stereocenters. The molecule has 0 aliphatic heterocycles. The molecule has 2 heteroatoms. The van der Waals surface area contributed by atoms with E-state index in [4.69, 9.17) is 11.6 Å². The van der Waals surface area contributed by atoms with Gasteiger partial charge < -0.3 is 0 Å². The van der Waals surface area contributed by atoms with Gasteiger partial charge >= 0.3 is 0 Å². The fraction of sp³-hybridized carbons (Fsp3) is 0.389. The number of hydrogen-bond donors (Lipinski definition) is 0. The highest BCUT2D eigenvalue weighted by Crippen LogP contribution is 2.31. The van der Waals surface area contributed by atoms with E-state index in [1.54, 1.807) is 0 Å². The van der Waals surface area contributed by atoms with Crippen LogP contribution in [0.5, 0.6) is 0 Å². The highest BCUT2D eigenvalue weighted by Gasteiger charge is 2.34. The van der Waals surface area contributed by atoms with Gasteiger partial charge in [-0.2, -0.15) is 0 Å². The number of ketones is 1. The maximum Gasteiger partial charge on any atom is 0.184 e. The highest BCUT2D eigenvalue weighted by molar-refractivity contribution is 6.38. The third-order valence-electron chi connectivity index (χ3n) is 3.11. The molecule has 0 saturated carbocycles. The summed E-state index contributed by atoms with van der Waals surface area (Å²) in [4.78, 5) is 11.8. The fourth-order valence-corrected chi connectivity index (χ4v) is 2.11. The van der Waals surface area contributed by atoms with E-state index in [0.717, 1.165) is 0 Å². The van der Waals surface area contributed by atoms with Gasteiger partial charge in [0, 0.05) is 5.56 Å². The molecular formula is C18H23ClO. The average molecular weight is 291 g/mol. The zero-order chi connectivity index (χ0) is 15.2. The molecule has 20 heavy (non-hydrogen) atoms. The first kappa shape index (κ1) is 16.7. The van der Waals surface area contributed by atoms with Gasteiger partial charge in [-0.25, -0.2) is 0 Å². The van der Waals surface area contributed by atoms with Crippen LogP contribution in [-0.2, 0) is 0 Å². The molecule has 108 valence electrons. The van der Waals surface area contributed by atoms with Crippen LogP contribution in [0.1, 0.15) is 50.9 Å². The number of halogens is 1. The first-order valence-electron chi connectivity index (χ1n) is 6.90. The van der Waals surface area contributed by atoms with E-state index in [0.29, 0.717) is 18.4 Å². The molecule has 0 aliphatic carbocycles. The van der Waals surface area contributed by atoms with Crippen molar-refractivity contribution in [3.63, 3.8) is 0 Å². The van der Waals surface area contributed by atoms with E-state index in [1.165, 1.54) is 11.1 Å². The van der Waals surface area contributed by atoms with E-state index in [9.17, 15) is 4.79 Å². The molecule has 0 saturated heterocycles. The van der Waals surface area contributed by atoms with Crippen molar-refractivity contribution in [2.45, 2.75) is 45.4 Å². The molecular weight excluding hydrogens is 268 g/mol. The lowest BCUT2D eigenvalue weighted by Gasteiger charge is -2.23. The van der Waals surface area contributed by atoms with E-state index in [1.807, 2.05) is 70.2 Å². The maximum atomic E-state index is 12.7. The Morgan fingerprint density at radius 1 is 1.00 bits per heavy atom. The van der Waals surface area contributed by atoms with E-state index in [2.05, 4.69) is 0 Å². The second kappa shape index (κ2) is 7.44. The van der Waals surface area contributed by atoms with Gasteiger partial charge in [0.05, 0.1) is 0 Å². The number of alkyl halides is 1. The third kappa shape index (κ3) is 4.97. The van der Waals surface area contributed by atoms with Gasteiger partial charge in [-0.1, -0.05) is 53.6 Å². The second-order valence-electron chi connectivity index (χ2n) is 5.63. The van der Waals surface area contributed by atoms with Crippen molar-refractivity contribution in [2.24, 2.45) is 0 Å². The molecule has 1 aromatic rings. The van der Waals surface area contributed by atoms with Gasteiger partial charge in [0.15, 0.2) is 5.78 Å². The van der Waals surface area contributed by atoms with Crippen molar-refractivity contribution in [2.75, 3.05) is 0 Å². The number of rotatable bonds is 6. The topological polar surface area (TPSA) is 17.1 Å². The van der Waals surface area contributed by atoms with Gasteiger partial charge in [0.2, 0.25) is 0 Å². The number of carbonyl (C=O) groups excluding carboxylic acids is 1. The minimum atomic E-state index is -0.893. The molecule has 1 nitrogen and oxygen atoms in total. The molecule has 0 aromatic heterocycles. The van der Waals surface area contributed by atoms with Crippen LogP contribution in [0.15, 0.2) is 53.6 Å². The van der Waals surface area contributed by atoms with Gasteiger partial charge in [-0.05, 0) is 40.5 Å². The summed E-state index contributed by atoms with van der Waals surface area (Å²) in [7, 11) is 0. The normalized spacial score (nSPS) is 10.8. The Kier molecular flexibility index (Phi) is 6.22. The summed E-state index contributed by atoms with van der Waals surface area (Å²) in [5.41, 5.74) is 3.02. The summed E-state index contributed by atoms with van der Waals surface area (Å²) >= 11 is 6.67. The monoisotopic (exact) mass is 290 g/mol. The van der Waals surface area contributed by atoms with E-state index in [-0.39, 0.29) is 5.78 Å².